The molecule has 1 aliphatic rings. The number of hydrogen-bond donors (Lipinski definition) is 1. The van der Waals surface area contributed by atoms with E-state index in [2.05, 4.69) is 0 Å². The molecule has 1 N–H and O–H groups in total. The summed E-state index contributed by atoms with van der Waals surface area (Å²) in [4.78, 5) is 1.90. The zero-order valence-corrected chi connectivity index (χ0v) is 6.47. The summed E-state index contributed by atoms with van der Waals surface area (Å²) in [6.07, 6.45) is -0.376. The maximum absolute atomic E-state index is 13.4. The molecule has 1 aliphatic heterocycles. The normalized spacial score (nSPS) is 38.4. The molecule has 1 rings (SSSR count). The molecule has 0 aliphatic carbocycles. The average Bonchev–Trinajstić information content (AvgIpc) is 2.13. The van der Waals surface area contributed by atoms with Crippen LogP contribution in [0.1, 0.15) is 13.3 Å². The first-order valence-electron chi connectivity index (χ1n) is 3.60. The van der Waals surface area contributed by atoms with Gasteiger partial charge in [0, 0.05) is 13.1 Å². The highest BCUT2D eigenvalue weighted by atomic mass is 19.1. The van der Waals surface area contributed by atoms with Gasteiger partial charge in [0.15, 0.2) is 0 Å². The van der Waals surface area contributed by atoms with Crippen LogP contribution in [0.4, 0.5) is 4.39 Å². The number of halogens is 1. The number of aliphatic hydroxyl groups excluding tert-OH is 1. The van der Waals surface area contributed by atoms with Gasteiger partial charge in [-0.15, -0.1) is 0 Å². The lowest BCUT2D eigenvalue weighted by molar-refractivity contribution is 0.0117. The average molecular weight is 147 g/mol. The molecule has 0 aromatic carbocycles. The van der Waals surface area contributed by atoms with Crippen molar-refractivity contribution in [3.8, 4) is 0 Å². The smallest absolute Gasteiger partial charge is 0.150 e. The molecule has 1 heterocycles. The van der Waals surface area contributed by atoms with Crippen LogP contribution in [0, 0.1) is 0 Å². The molecule has 1 saturated heterocycles. The summed E-state index contributed by atoms with van der Waals surface area (Å²) < 4.78 is 13.4. The Kier molecular flexibility index (Phi) is 1.97. The minimum Gasteiger partial charge on any atom is -0.390 e. The maximum atomic E-state index is 13.4. The third-order valence-corrected chi connectivity index (χ3v) is 2.19. The second-order valence-electron chi connectivity index (χ2n) is 3.20. The lowest BCUT2D eigenvalue weighted by atomic mass is 10.00. The Labute approximate surface area is 60.6 Å². The summed E-state index contributed by atoms with van der Waals surface area (Å²) >= 11 is 0. The first kappa shape index (κ1) is 7.95. The Morgan fingerprint density at radius 1 is 1.70 bits per heavy atom. The Hall–Kier alpha value is -0.150. The first-order chi connectivity index (χ1) is 4.54. The van der Waals surface area contributed by atoms with Crippen LogP contribution in [-0.4, -0.2) is 41.9 Å². The fraction of sp³-hybridized carbons (Fsp3) is 1.00. The van der Waals surface area contributed by atoms with Crippen LogP contribution in [0.25, 0.3) is 0 Å². The molecule has 1 fully saturated rings. The highest BCUT2D eigenvalue weighted by Gasteiger charge is 2.40. The van der Waals surface area contributed by atoms with Gasteiger partial charge >= 0.3 is 0 Å². The van der Waals surface area contributed by atoms with Crippen molar-refractivity contribution >= 4 is 0 Å². The highest BCUT2D eigenvalue weighted by Crippen LogP contribution is 2.27. The molecular formula is C7H14FNO. The fourth-order valence-electron chi connectivity index (χ4n) is 1.32. The van der Waals surface area contributed by atoms with E-state index in [0.717, 1.165) is 6.54 Å². The second kappa shape index (κ2) is 2.47. The summed E-state index contributed by atoms with van der Waals surface area (Å²) in [5, 5.41) is 9.03. The van der Waals surface area contributed by atoms with Gasteiger partial charge < -0.3 is 10.0 Å². The molecule has 10 heavy (non-hydrogen) atoms. The van der Waals surface area contributed by atoms with Crippen LogP contribution in [0.15, 0.2) is 0 Å². The third-order valence-electron chi connectivity index (χ3n) is 2.19. The van der Waals surface area contributed by atoms with E-state index < -0.39 is 11.8 Å². The number of aliphatic hydroxyl groups is 1. The molecule has 0 radical (unpaired) electrons. The summed E-state index contributed by atoms with van der Waals surface area (Å²) in [6, 6.07) is 0. The Bertz CT molecular complexity index is 129. The van der Waals surface area contributed by atoms with E-state index in [9.17, 15) is 4.39 Å². The van der Waals surface area contributed by atoms with Crippen molar-refractivity contribution in [2.24, 2.45) is 0 Å². The van der Waals surface area contributed by atoms with Crippen molar-refractivity contribution in [1.29, 1.82) is 0 Å². The van der Waals surface area contributed by atoms with Crippen LogP contribution in [0.2, 0.25) is 0 Å². The lowest BCUT2D eigenvalue weighted by Crippen LogP contribution is -2.38. The Morgan fingerprint density at radius 2 is 2.30 bits per heavy atom. The van der Waals surface area contributed by atoms with E-state index in [1.807, 2.05) is 11.9 Å². The van der Waals surface area contributed by atoms with Crippen molar-refractivity contribution < 1.29 is 9.50 Å². The van der Waals surface area contributed by atoms with Gasteiger partial charge in [-0.1, -0.05) is 0 Å². The van der Waals surface area contributed by atoms with Crippen LogP contribution in [0.3, 0.4) is 0 Å². The summed E-state index contributed by atoms with van der Waals surface area (Å²) in [5.74, 6) is 0. The minimum atomic E-state index is -1.35. The molecule has 0 amide bonds. The number of rotatable bonds is 1. The van der Waals surface area contributed by atoms with E-state index in [4.69, 9.17) is 5.11 Å². The second-order valence-corrected chi connectivity index (χ2v) is 3.20. The van der Waals surface area contributed by atoms with Crippen LogP contribution >= 0.6 is 0 Å². The molecule has 0 aromatic heterocycles. The van der Waals surface area contributed by atoms with Gasteiger partial charge in [-0.05, 0) is 20.4 Å². The van der Waals surface area contributed by atoms with Gasteiger partial charge in [0.1, 0.15) is 5.67 Å². The molecule has 0 spiro atoms. The third kappa shape index (κ3) is 1.30. The number of alkyl halides is 1. The lowest BCUT2D eigenvalue weighted by Gasteiger charge is -2.22. The summed E-state index contributed by atoms with van der Waals surface area (Å²) in [5.41, 5.74) is -1.35. The predicted molar refractivity (Wildman–Crippen MR) is 37.6 cm³/mol. The SMILES string of the molecule is CC(O)C1(F)CCN(C)C1. The van der Waals surface area contributed by atoms with Gasteiger partial charge in [-0.2, -0.15) is 0 Å². The van der Waals surface area contributed by atoms with Crippen molar-refractivity contribution in [2.75, 3.05) is 20.1 Å². The minimum absolute atomic E-state index is 0.366. The topological polar surface area (TPSA) is 23.5 Å². The maximum Gasteiger partial charge on any atom is 0.150 e. The largest absolute Gasteiger partial charge is 0.390 e. The Morgan fingerprint density at radius 3 is 2.50 bits per heavy atom. The molecule has 60 valence electrons. The molecule has 0 bridgehead atoms. The van der Waals surface area contributed by atoms with E-state index in [0.29, 0.717) is 13.0 Å². The van der Waals surface area contributed by atoms with Crippen LogP contribution < -0.4 is 0 Å². The number of likely N-dealkylation sites (tertiary alicyclic amines) is 1. The summed E-state index contributed by atoms with van der Waals surface area (Å²) in [7, 11) is 1.86. The van der Waals surface area contributed by atoms with Gasteiger partial charge in [0.25, 0.3) is 0 Å². The van der Waals surface area contributed by atoms with Crippen molar-refractivity contribution in [3.63, 3.8) is 0 Å². The predicted octanol–water partition coefficient (Wildman–Crippen LogP) is 0.411. The standard InChI is InChI=1S/C7H14FNO/c1-6(10)7(8)3-4-9(2)5-7/h6,10H,3-5H2,1-2H3. The van der Waals surface area contributed by atoms with Crippen LogP contribution in [-0.2, 0) is 0 Å². The molecule has 2 nitrogen and oxygen atoms in total. The van der Waals surface area contributed by atoms with Crippen molar-refractivity contribution in [3.05, 3.63) is 0 Å². The zero-order valence-electron chi connectivity index (χ0n) is 6.47. The van der Waals surface area contributed by atoms with Gasteiger partial charge in [-0.3, -0.25) is 0 Å². The molecule has 3 heteroatoms. The van der Waals surface area contributed by atoms with E-state index in [1.54, 1.807) is 0 Å². The van der Waals surface area contributed by atoms with Crippen molar-refractivity contribution in [1.82, 2.24) is 4.90 Å². The van der Waals surface area contributed by atoms with Gasteiger partial charge in [0.2, 0.25) is 0 Å². The molecule has 0 aromatic rings. The summed E-state index contributed by atoms with van der Waals surface area (Å²) in [6.45, 7) is 2.63. The molecular weight excluding hydrogens is 133 g/mol. The highest BCUT2D eigenvalue weighted by molar-refractivity contribution is 4.93. The first-order valence-corrected chi connectivity index (χ1v) is 3.60. The van der Waals surface area contributed by atoms with Crippen molar-refractivity contribution in [2.45, 2.75) is 25.1 Å². The molecule has 2 atom stereocenters. The zero-order chi connectivity index (χ0) is 7.78. The van der Waals surface area contributed by atoms with E-state index in [1.165, 1.54) is 6.92 Å². The fourth-order valence-corrected chi connectivity index (χ4v) is 1.32. The quantitative estimate of drug-likeness (QED) is 0.580. The Balaban J connectivity index is 2.54. The molecule has 0 saturated carbocycles. The number of hydrogen-bond acceptors (Lipinski definition) is 2. The van der Waals surface area contributed by atoms with Gasteiger partial charge in [0.05, 0.1) is 6.10 Å². The monoisotopic (exact) mass is 147 g/mol. The number of nitrogens with zero attached hydrogens (tertiary/aromatic N) is 1. The molecule has 2 unspecified atom stereocenters. The van der Waals surface area contributed by atoms with E-state index >= 15 is 0 Å². The van der Waals surface area contributed by atoms with Gasteiger partial charge in [-0.25, -0.2) is 4.39 Å². The van der Waals surface area contributed by atoms with E-state index in [-0.39, 0.29) is 0 Å². The van der Waals surface area contributed by atoms with Crippen LogP contribution in [0.5, 0.6) is 0 Å².